The van der Waals surface area contributed by atoms with Gasteiger partial charge in [-0.1, -0.05) is 18.6 Å². The van der Waals surface area contributed by atoms with Crippen molar-refractivity contribution in [1.29, 1.82) is 0 Å². The highest BCUT2D eigenvalue weighted by molar-refractivity contribution is 5.81. The van der Waals surface area contributed by atoms with Crippen LogP contribution in [0.25, 0.3) is 0 Å². The summed E-state index contributed by atoms with van der Waals surface area (Å²) >= 11 is 0. The summed E-state index contributed by atoms with van der Waals surface area (Å²) < 4.78 is 11.2. The van der Waals surface area contributed by atoms with Crippen molar-refractivity contribution in [2.45, 2.75) is 31.8 Å². The maximum atomic E-state index is 12.1. The van der Waals surface area contributed by atoms with Gasteiger partial charge in [0.2, 0.25) is 5.91 Å². The van der Waals surface area contributed by atoms with Crippen LogP contribution in [0.3, 0.4) is 0 Å². The molecule has 6 heteroatoms. The van der Waals surface area contributed by atoms with Crippen molar-refractivity contribution in [3.8, 4) is 5.75 Å². The zero-order valence-corrected chi connectivity index (χ0v) is 15.8. The molecule has 2 aliphatic rings. The van der Waals surface area contributed by atoms with Gasteiger partial charge in [0.05, 0.1) is 19.3 Å². The van der Waals surface area contributed by atoms with E-state index in [1.165, 1.54) is 5.56 Å². The predicted molar refractivity (Wildman–Crippen MR) is 101 cm³/mol. The Morgan fingerprint density at radius 3 is 2.69 bits per heavy atom. The van der Waals surface area contributed by atoms with Gasteiger partial charge in [-0.15, -0.1) is 0 Å². The lowest BCUT2D eigenvalue weighted by Gasteiger charge is -2.34. The molecule has 26 heavy (non-hydrogen) atoms. The summed E-state index contributed by atoms with van der Waals surface area (Å²) in [5.41, 5.74) is 1.22. The third-order valence-electron chi connectivity index (χ3n) is 5.25. The summed E-state index contributed by atoms with van der Waals surface area (Å²) in [6.07, 6.45) is 3.24. The number of ether oxygens (including phenoxy) is 2. The summed E-state index contributed by atoms with van der Waals surface area (Å²) in [6.45, 7) is 7.05. The molecule has 0 aromatic heterocycles. The van der Waals surface area contributed by atoms with Crippen LogP contribution in [0, 0.1) is 0 Å². The summed E-state index contributed by atoms with van der Waals surface area (Å²) in [7, 11) is 1.72. The monoisotopic (exact) mass is 361 g/mol. The second kappa shape index (κ2) is 9.90. The fourth-order valence-corrected chi connectivity index (χ4v) is 3.69. The number of amides is 1. The van der Waals surface area contributed by atoms with Crippen molar-refractivity contribution in [2.24, 2.45) is 0 Å². The second-order valence-electron chi connectivity index (χ2n) is 7.04. The number of carbonyl (C=O) groups is 1. The minimum atomic E-state index is -0.00167. The number of hydrogen-bond acceptors (Lipinski definition) is 5. The highest BCUT2D eigenvalue weighted by Gasteiger charge is 2.27. The van der Waals surface area contributed by atoms with Gasteiger partial charge in [0.1, 0.15) is 12.4 Å². The molecule has 0 aliphatic carbocycles. The molecule has 1 N–H and O–H groups in total. The van der Waals surface area contributed by atoms with Gasteiger partial charge in [0.25, 0.3) is 0 Å². The molecule has 2 heterocycles. The van der Waals surface area contributed by atoms with E-state index in [2.05, 4.69) is 27.2 Å². The molecule has 144 valence electrons. The standard InChI is InChI=1S/C20H31N3O3/c1-21-20(24)19-4-2-3-9-23(19)16-17-5-7-18(8-6-17)26-15-12-22-10-13-25-14-11-22/h5-8,19H,2-4,9-16H2,1H3,(H,21,24)/t19-/m0/s1. The Morgan fingerprint density at radius 2 is 1.96 bits per heavy atom. The van der Waals surface area contributed by atoms with Crippen LogP contribution in [0.2, 0.25) is 0 Å². The average Bonchev–Trinajstić information content (AvgIpc) is 2.70. The smallest absolute Gasteiger partial charge is 0.237 e. The van der Waals surface area contributed by atoms with Crippen LogP contribution >= 0.6 is 0 Å². The number of morpholine rings is 1. The summed E-state index contributed by atoms with van der Waals surface area (Å²) in [5.74, 6) is 1.04. The molecule has 1 aromatic carbocycles. The molecule has 2 aliphatic heterocycles. The van der Waals surface area contributed by atoms with Crippen molar-refractivity contribution in [2.75, 3.05) is 53.0 Å². The molecule has 6 nitrogen and oxygen atoms in total. The lowest BCUT2D eigenvalue weighted by molar-refractivity contribution is -0.127. The van der Waals surface area contributed by atoms with E-state index in [9.17, 15) is 4.79 Å². The van der Waals surface area contributed by atoms with E-state index in [4.69, 9.17) is 9.47 Å². The summed E-state index contributed by atoms with van der Waals surface area (Å²) in [6, 6.07) is 8.29. The van der Waals surface area contributed by atoms with Gasteiger partial charge >= 0.3 is 0 Å². The first-order valence-corrected chi connectivity index (χ1v) is 9.74. The lowest BCUT2D eigenvalue weighted by Crippen LogP contribution is -2.48. The zero-order chi connectivity index (χ0) is 18.2. The van der Waals surface area contributed by atoms with Gasteiger partial charge in [-0.25, -0.2) is 0 Å². The molecular weight excluding hydrogens is 330 g/mol. The Balaban J connectivity index is 1.46. The highest BCUT2D eigenvalue weighted by Crippen LogP contribution is 2.21. The van der Waals surface area contributed by atoms with E-state index in [0.717, 1.165) is 70.9 Å². The van der Waals surface area contributed by atoms with E-state index in [1.807, 2.05) is 12.1 Å². The zero-order valence-electron chi connectivity index (χ0n) is 15.8. The van der Waals surface area contributed by atoms with Crippen LogP contribution in [-0.4, -0.2) is 74.8 Å². The number of piperidine rings is 1. The molecular formula is C20H31N3O3. The van der Waals surface area contributed by atoms with Gasteiger partial charge in [0.15, 0.2) is 0 Å². The van der Waals surface area contributed by atoms with Crippen molar-refractivity contribution in [3.05, 3.63) is 29.8 Å². The van der Waals surface area contributed by atoms with Gasteiger partial charge in [-0.05, 0) is 37.1 Å². The molecule has 0 unspecified atom stereocenters. The fourth-order valence-electron chi connectivity index (χ4n) is 3.69. The van der Waals surface area contributed by atoms with Crippen LogP contribution in [0.4, 0.5) is 0 Å². The summed E-state index contributed by atoms with van der Waals surface area (Å²) in [4.78, 5) is 16.7. The Kier molecular flexibility index (Phi) is 7.29. The van der Waals surface area contributed by atoms with E-state index in [0.29, 0.717) is 6.61 Å². The molecule has 3 rings (SSSR count). The molecule has 1 aromatic rings. The number of nitrogens with zero attached hydrogens (tertiary/aromatic N) is 2. The molecule has 0 bridgehead atoms. The van der Waals surface area contributed by atoms with E-state index >= 15 is 0 Å². The van der Waals surface area contributed by atoms with Crippen LogP contribution in [-0.2, 0) is 16.1 Å². The van der Waals surface area contributed by atoms with Gasteiger partial charge < -0.3 is 14.8 Å². The SMILES string of the molecule is CNC(=O)[C@@H]1CCCCN1Cc1ccc(OCCN2CCOCC2)cc1. The average molecular weight is 361 g/mol. The highest BCUT2D eigenvalue weighted by atomic mass is 16.5. The van der Waals surface area contributed by atoms with Gasteiger partial charge in [-0.2, -0.15) is 0 Å². The van der Waals surface area contributed by atoms with E-state index < -0.39 is 0 Å². The Labute approximate surface area is 156 Å². The van der Waals surface area contributed by atoms with E-state index in [1.54, 1.807) is 7.05 Å². The van der Waals surface area contributed by atoms with Crippen LogP contribution < -0.4 is 10.1 Å². The number of nitrogens with one attached hydrogen (secondary N) is 1. The Hall–Kier alpha value is -1.63. The molecule has 2 fully saturated rings. The molecule has 0 saturated carbocycles. The topological polar surface area (TPSA) is 54.0 Å². The number of likely N-dealkylation sites (N-methyl/N-ethyl adjacent to an activating group) is 1. The van der Waals surface area contributed by atoms with Crippen molar-refractivity contribution in [3.63, 3.8) is 0 Å². The van der Waals surface area contributed by atoms with Crippen molar-refractivity contribution < 1.29 is 14.3 Å². The predicted octanol–water partition coefficient (Wildman–Crippen LogP) is 1.50. The minimum Gasteiger partial charge on any atom is -0.492 e. The Morgan fingerprint density at radius 1 is 1.19 bits per heavy atom. The largest absolute Gasteiger partial charge is 0.492 e. The normalized spacial score (nSPS) is 22.1. The van der Waals surface area contributed by atoms with E-state index in [-0.39, 0.29) is 11.9 Å². The molecule has 0 radical (unpaired) electrons. The first kappa shape index (κ1) is 19.1. The van der Waals surface area contributed by atoms with Gasteiger partial charge in [0, 0.05) is 33.2 Å². The third kappa shape index (κ3) is 5.43. The number of rotatable bonds is 7. The van der Waals surface area contributed by atoms with Crippen molar-refractivity contribution >= 4 is 5.91 Å². The first-order valence-electron chi connectivity index (χ1n) is 9.74. The molecule has 0 spiro atoms. The molecule has 2 saturated heterocycles. The van der Waals surface area contributed by atoms with Crippen LogP contribution in [0.15, 0.2) is 24.3 Å². The number of likely N-dealkylation sites (tertiary alicyclic amines) is 1. The van der Waals surface area contributed by atoms with Gasteiger partial charge in [-0.3, -0.25) is 14.6 Å². The molecule has 1 amide bonds. The Bertz CT molecular complexity index is 558. The van der Waals surface area contributed by atoms with Crippen LogP contribution in [0.5, 0.6) is 5.75 Å². The van der Waals surface area contributed by atoms with Crippen molar-refractivity contribution in [1.82, 2.24) is 15.1 Å². The maximum Gasteiger partial charge on any atom is 0.237 e. The second-order valence-corrected chi connectivity index (χ2v) is 7.04. The molecule has 1 atom stereocenters. The number of benzene rings is 1. The maximum absolute atomic E-state index is 12.1. The fraction of sp³-hybridized carbons (Fsp3) is 0.650. The number of carbonyl (C=O) groups excluding carboxylic acids is 1. The third-order valence-corrected chi connectivity index (χ3v) is 5.25. The first-order chi connectivity index (χ1) is 12.8. The summed E-state index contributed by atoms with van der Waals surface area (Å²) in [5, 5.41) is 2.80. The van der Waals surface area contributed by atoms with Crippen LogP contribution in [0.1, 0.15) is 24.8 Å². The lowest BCUT2D eigenvalue weighted by atomic mass is 10.0. The number of hydrogen-bond donors (Lipinski definition) is 1. The quantitative estimate of drug-likeness (QED) is 0.798. The minimum absolute atomic E-state index is 0.00167.